The first-order valence-corrected chi connectivity index (χ1v) is 9.94. The Morgan fingerprint density at radius 1 is 1.03 bits per heavy atom. The SMILES string of the molecule is C.CN(C)CCNCc1ccc(C#Cc2ccc(C(=O)N[C@@H](CN)C(=O)NO)cc2)cc1. The topological polar surface area (TPSA) is 120 Å². The van der Waals surface area contributed by atoms with E-state index in [1.54, 1.807) is 24.3 Å². The van der Waals surface area contributed by atoms with Crippen molar-refractivity contribution in [1.29, 1.82) is 0 Å². The van der Waals surface area contributed by atoms with E-state index in [2.05, 4.69) is 39.5 Å². The Labute approximate surface area is 190 Å². The van der Waals surface area contributed by atoms with E-state index < -0.39 is 17.9 Å². The van der Waals surface area contributed by atoms with Gasteiger partial charge >= 0.3 is 0 Å². The van der Waals surface area contributed by atoms with Crippen LogP contribution < -0.4 is 21.8 Å². The van der Waals surface area contributed by atoms with E-state index in [0.717, 1.165) is 30.8 Å². The summed E-state index contributed by atoms with van der Waals surface area (Å²) in [6.45, 7) is 2.61. The molecule has 0 unspecified atom stereocenters. The van der Waals surface area contributed by atoms with E-state index in [1.807, 2.05) is 26.2 Å². The van der Waals surface area contributed by atoms with Gasteiger partial charge in [0, 0.05) is 42.9 Å². The van der Waals surface area contributed by atoms with Crippen molar-refractivity contribution in [2.24, 2.45) is 5.73 Å². The molecule has 0 spiro atoms. The number of carbonyl (C=O) groups excluding carboxylic acids is 2. The first-order valence-electron chi connectivity index (χ1n) is 9.94. The molecule has 0 aliphatic rings. The van der Waals surface area contributed by atoms with Crippen LogP contribution in [0.2, 0.25) is 0 Å². The minimum Gasteiger partial charge on any atom is -0.339 e. The van der Waals surface area contributed by atoms with E-state index in [-0.39, 0.29) is 14.0 Å². The molecule has 0 radical (unpaired) electrons. The molecule has 0 aliphatic carbocycles. The van der Waals surface area contributed by atoms with Gasteiger partial charge in [0.2, 0.25) is 0 Å². The van der Waals surface area contributed by atoms with Gasteiger partial charge in [-0.1, -0.05) is 31.4 Å². The lowest BCUT2D eigenvalue weighted by molar-refractivity contribution is -0.130. The highest BCUT2D eigenvalue weighted by Gasteiger charge is 2.19. The number of nitrogens with zero attached hydrogens (tertiary/aromatic N) is 1. The monoisotopic (exact) mass is 439 g/mol. The van der Waals surface area contributed by atoms with Crippen molar-refractivity contribution in [2.75, 3.05) is 33.7 Å². The van der Waals surface area contributed by atoms with Crippen LogP contribution in [0.15, 0.2) is 48.5 Å². The third-order valence-electron chi connectivity index (χ3n) is 4.48. The lowest BCUT2D eigenvalue weighted by atomic mass is 10.1. The van der Waals surface area contributed by atoms with Crippen LogP contribution in [0.25, 0.3) is 0 Å². The Morgan fingerprint density at radius 2 is 1.59 bits per heavy atom. The van der Waals surface area contributed by atoms with E-state index in [0.29, 0.717) is 5.56 Å². The standard InChI is InChI=1S/C23H29N5O3.CH4/c1-28(2)14-13-25-16-19-7-5-17(6-8-19)3-4-18-9-11-20(12-10-18)22(29)26-21(15-24)23(30)27-31;/h5-12,21,25,31H,13-16,24H2,1-2H3,(H,26,29)(H,27,30);1H4/t21-;/m0./s1. The molecule has 2 rings (SSSR count). The largest absolute Gasteiger partial charge is 0.339 e. The van der Waals surface area contributed by atoms with E-state index in [4.69, 9.17) is 10.9 Å². The zero-order valence-electron chi connectivity index (χ0n) is 17.8. The lowest BCUT2D eigenvalue weighted by Gasteiger charge is -2.14. The van der Waals surface area contributed by atoms with Crippen molar-refractivity contribution in [1.82, 2.24) is 21.0 Å². The third-order valence-corrected chi connectivity index (χ3v) is 4.48. The fraction of sp³-hybridized carbons (Fsp3) is 0.333. The number of benzene rings is 2. The fourth-order valence-electron chi connectivity index (χ4n) is 2.64. The highest BCUT2D eigenvalue weighted by atomic mass is 16.5. The number of nitrogens with two attached hydrogens (primary N) is 1. The van der Waals surface area contributed by atoms with Gasteiger partial charge in [0.1, 0.15) is 6.04 Å². The molecule has 0 aliphatic heterocycles. The van der Waals surface area contributed by atoms with Gasteiger partial charge in [-0.3, -0.25) is 14.8 Å². The summed E-state index contributed by atoms with van der Waals surface area (Å²) < 4.78 is 0. The van der Waals surface area contributed by atoms with Crippen LogP contribution >= 0.6 is 0 Å². The molecular weight excluding hydrogens is 406 g/mol. The number of carbonyl (C=O) groups is 2. The zero-order chi connectivity index (χ0) is 22.6. The highest BCUT2D eigenvalue weighted by Crippen LogP contribution is 2.06. The Balaban J connectivity index is 0.00000512. The second-order valence-corrected chi connectivity index (χ2v) is 7.24. The maximum atomic E-state index is 12.2. The molecule has 0 saturated heterocycles. The van der Waals surface area contributed by atoms with Gasteiger partial charge < -0.3 is 21.3 Å². The predicted molar refractivity (Wildman–Crippen MR) is 126 cm³/mol. The van der Waals surface area contributed by atoms with Gasteiger partial charge in [0.25, 0.3) is 11.8 Å². The summed E-state index contributed by atoms with van der Waals surface area (Å²) in [5.74, 6) is 4.94. The summed E-state index contributed by atoms with van der Waals surface area (Å²) in [6, 6.07) is 13.8. The molecule has 8 heteroatoms. The lowest BCUT2D eigenvalue weighted by Crippen LogP contribution is -2.50. The Kier molecular flexibility index (Phi) is 11.7. The molecule has 172 valence electrons. The smallest absolute Gasteiger partial charge is 0.267 e. The van der Waals surface area contributed by atoms with Crippen molar-refractivity contribution >= 4 is 11.8 Å². The molecule has 0 saturated carbocycles. The number of hydrogen-bond donors (Lipinski definition) is 5. The Morgan fingerprint density at radius 3 is 2.09 bits per heavy atom. The van der Waals surface area contributed by atoms with Crippen molar-refractivity contribution < 1.29 is 14.8 Å². The number of likely N-dealkylation sites (N-methyl/N-ethyl adjacent to an activating group) is 1. The Hall–Kier alpha value is -3.22. The molecule has 0 heterocycles. The summed E-state index contributed by atoms with van der Waals surface area (Å²) in [7, 11) is 4.10. The highest BCUT2D eigenvalue weighted by molar-refractivity contribution is 5.97. The average molecular weight is 440 g/mol. The molecule has 1 atom stereocenters. The summed E-state index contributed by atoms with van der Waals surface area (Å²) in [5.41, 5.74) is 10.1. The van der Waals surface area contributed by atoms with Crippen LogP contribution in [-0.2, 0) is 11.3 Å². The predicted octanol–water partition coefficient (Wildman–Crippen LogP) is 0.936. The van der Waals surface area contributed by atoms with Crippen molar-refractivity contribution in [3.8, 4) is 11.8 Å². The van der Waals surface area contributed by atoms with Gasteiger partial charge in [0.15, 0.2) is 0 Å². The van der Waals surface area contributed by atoms with Crippen LogP contribution in [0, 0.1) is 11.8 Å². The molecule has 2 aromatic carbocycles. The summed E-state index contributed by atoms with van der Waals surface area (Å²) in [6.07, 6.45) is 0. The van der Waals surface area contributed by atoms with Gasteiger partial charge in [-0.2, -0.15) is 0 Å². The van der Waals surface area contributed by atoms with Gasteiger partial charge in [-0.15, -0.1) is 0 Å². The maximum Gasteiger partial charge on any atom is 0.267 e. The second kappa shape index (κ2) is 14.0. The molecule has 32 heavy (non-hydrogen) atoms. The molecular formula is C24H33N5O3. The van der Waals surface area contributed by atoms with E-state index in [9.17, 15) is 9.59 Å². The minimum atomic E-state index is -1.01. The van der Waals surface area contributed by atoms with Gasteiger partial charge in [-0.05, 0) is 56.1 Å². The second-order valence-electron chi connectivity index (χ2n) is 7.24. The number of hydroxylamine groups is 1. The van der Waals surface area contributed by atoms with Gasteiger partial charge in [-0.25, -0.2) is 5.48 Å². The number of rotatable bonds is 9. The summed E-state index contributed by atoms with van der Waals surface area (Å²) in [4.78, 5) is 25.8. The van der Waals surface area contributed by atoms with Crippen LogP contribution in [0.1, 0.15) is 34.5 Å². The van der Waals surface area contributed by atoms with Crippen LogP contribution in [0.3, 0.4) is 0 Å². The first-order chi connectivity index (χ1) is 14.9. The first kappa shape index (κ1) is 26.8. The molecule has 2 aromatic rings. The van der Waals surface area contributed by atoms with E-state index >= 15 is 0 Å². The molecule has 2 amide bonds. The van der Waals surface area contributed by atoms with Crippen molar-refractivity contribution in [3.05, 3.63) is 70.8 Å². The molecule has 8 nitrogen and oxygen atoms in total. The number of hydrogen-bond acceptors (Lipinski definition) is 6. The minimum absolute atomic E-state index is 0. The number of amides is 2. The maximum absolute atomic E-state index is 12.2. The third kappa shape index (κ3) is 8.88. The molecule has 0 bridgehead atoms. The quantitative estimate of drug-likeness (QED) is 0.172. The average Bonchev–Trinajstić information content (AvgIpc) is 2.79. The fourth-order valence-corrected chi connectivity index (χ4v) is 2.64. The molecule has 0 aromatic heterocycles. The van der Waals surface area contributed by atoms with Crippen LogP contribution in [0.5, 0.6) is 0 Å². The molecule has 6 N–H and O–H groups in total. The number of nitrogens with one attached hydrogen (secondary N) is 3. The van der Waals surface area contributed by atoms with Crippen LogP contribution in [0.4, 0.5) is 0 Å². The van der Waals surface area contributed by atoms with Crippen molar-refractivity contribution in [2.45, 2.75) is 20.0 Å². The van der Waals surface area contributed by atoms with Crippen LogP contribution in [-0.4, -0.2) is 61.7 Å². The summed E-state index contributed by atoms with van der Waals surface area (Å²) >= 11 is 0. The summed E-state index contributed by atoms with van der Waals surface area (Å²) in [5, 5.41) is 14.5. The Bertz CT molecular complexity index is 915. The van der Waals surface area contributed by atoms with Gasteiger partial charge in [0.05, 0.1) is 0 Å². The van der Waals surface area contributed by atoms with Crippen molar-refractivity contribution in [3.63, 3.8) is 0 Å². The normalized spacial score (nSPS) is 11.0. The zero-order valence-corrected chi connectivity index (χ0v) is 17.8. The van der Waals surface area contributed by atoms with E-state index in [1.165, 1.54) is 11.0 Å². The molecule has 0 fully saturated rings.